The Morgan fingerprint density at radius 2 is 2.11 bits per heavy atom. The van der Waals surface area contributed by atoms with Gasteiger partial charge in [-0.05, 0) is 44.0 Å². The Balaban J connectivity index is 1.70. The number of fused-ring (bicyclic) bond motifs is 1. The molecular weight excluding hydrogens is 251 g/mol. The highest BCUT2D eigenvalue weighted by molar-refractivity contribution is 6.30. The fourth-order valence-corrected chi connectivity index (χ4v) is 3.33. The highest BCUT2D eigenvalue weighted by Gasteiger charge is 2.35. The van der Waals surface area contributed by atoms with Gasteiger partial charge in [-0.3, -0.25) is 4.90 Å². The first kappa shape index (κ1) is 12.2. The summed E-state index contributed by atoms with van der Waals surface area (Å²) in [6, 6.07) is 6.04. The lowest BCUT2D eigenvalue weighted by Gasteiger charge is -2.33. The molecule has 0 aromatic heterocycles. The molecule has 0 amide bonds. The molecule has 2 aliphatic rings. The van der Waals surface area contributed by atoms with E-state index in [0.29, 0.717) is 12.1 Å². The van der Waals surface area contributed by atoms with Gasteiger partial charge in [-0.2, -0.15) is 0 Å². The minimum absolute atomic E-state index is 0.186. The van der Waals surface area contributed by atoms with E-state index in [-0.39, 0.29) is 10.8 Å². The van der Waals surface area contributed by atoms with E-state index in [2.05, 4.69) is 10.2 Å². The summed E-state index contributed by atoms with van der Waals surface area (Å²) in [4.78, 5) is 2.56. The summed E-state index contributed by atoms with van der Waals surface area (Å²) in [5.41, 5.74) is 0.842. The van der Waals surface area contributed by atoms with Crippen LogP contribution in [-0.2, 0) is 0 Å². The van der Waals surface area contributed by atoms with Gasteiger partial charge >= 0.3 is 0 Å². The number of anilines is 1. The Labute approximate surface area is 112 Å². The van der Waals surface area contributed by atoms with Crippen molar-refractivity contribution in [1.82, 2.24) is 4.90 Å². The van der Waals surface area contributed by atoms with Gasteiger partial charge in [0.1, 0.15) is 5.82 Å². The average molecular weight is 269 g/mol. The van der Waals surface area contributed by atoms with Crippen molar-refractivity contribution in [2.45, 2.75) is 37.8 Å². The molecule has 1 aromatic carbocycles. The van der Waals surface area contributed by atoms with Crippen molar-refractivity contribution in [2.75, 3.05) is 18.4 Å². The number of piperidine rings is 1. The van der Waals surface area contributed by atoms with E-state index in [1.165, 1.54) is 38.4 Å². The molecule has 4 heteroatoms. The molecule has 3 rings (SSSR count). The zero-order valence-electron chi connectivity index (χ0n) is 10.3. The van der Waals surface area contributed by atoms with Gasteiger partial charge in [-0.25, -0.2) is 4.39 Å². The largest absolute Gasteiger partial charge is 0.381 e. The topological polar surface area (TPSA) is 15.3 Å². The minimum atomic E-state index is -0.347. The molecule has 2 heterocycles. The molecule has 0 saturated carbocycles. The molecule has 2 aliphatic heterocycles. The SMILES string of the molecule is Fc1cc(NC2CCN3CCCCC23)ccc1Cl. The zero-order chi connectivity index (χ0) is 12.5. The van der Waals surface area contributed by atoms with Crippen LogP contribution in [0.5, 0.6) is 0 Å². The Kier molecular flexibility index (Phi) is 3.44. The number of nitrogens with one attached hydrogen (secondary N) is 1. The number of rotatable bonds is 2. The highest BCUT2D eigenvalue weighted by Crippen LogP contribution is 2.30. The monoisotopic (exact) mass is 268 g/mol. The Morgan fingerprint density at radius 3 is 2.94 bits per heavy atom. The summed E-state index contributed by atoms with van der Waals surface area (Å²) >= 11 is 5.70. The summed E-state index contributed by atoms with van der Waals surface area (Å²) in [5.74, 6) is -0.347. The first-order chi connectivity index (χ1) is 8.74. The van der Waals surface area contributed by atoms with Gasteiger partial charge in [-0.15, -0.1) is 0 Å². The van der Waals surface area contributed by atoms with E-state index in [1.807, 2.05) is 6.07 Å². The van der Waals surface area contributed by atoms with Crippen LogP contribution in [0.2, 0.25) is 5.02 Å². The quantitative estimate of drug-likeness (QED) is 0.883. The third-order valence-electron chi connectivity index (χ3n) is 4.13. The predicted octanol–water partition coefficient (Wildman–Crippen LogP) is 3.52. The molecule has 98 valence electrons. The van der Waals surface area contributed by atoms with E-state index in [0.717, 1.165) is 12.1 Å². The summed E-state index contributed by atoms with van der Waals surface area (Å²) in [6.45, 7) is 2.39. The fourth-order valence-electron chi connectivity index (χ4n) is 3.22. The number of hydrogen-bond acceptors (Lipinski definition) is 2. The van der Waals surface area contributed by atoms with Gasteiger partial charge in [0, 0.05) is 24.3 Å². The normalized spacial score (nSPS) is 28.1. The lowest BCUT2D eigenvalue weighted by Crippen LogP contribution is -2.41. The van der Waals surface area contributed by atoms with Crippen molar-refractivity contribution >= 4 is 17.3 Å². The number of benzene rings is 1. The third-order valence-corrected chi connectivity index (χ3v) is 4.43. The van der Waals surface area contributed by atoms with Crippen LogP contribution in [0.1, 0.15) is 25.7 Å². The standard InChI is InChI=1S/C14H18ClFN2/c15-11-5-4-10(9-12(11)16)17-13-6-8-18-7-2-1-3-14(13)18/h4-5,9,13-14,17H,1-3,6-8H2. The van der Waals surface area contributed by atoms with Crippen LogP contribution in [0.4, 0.5) is 10.1 Å². The fraction of sp³-hybridized carbons (Fsp3) is 0.571. The van der Waals surface area contributed by atoms with Crippen LogP contribution in [0.15, 0.2) is 18.2 Å². The second-order valence-electron chi connectivity index (χ2n) is 5.27. The Morgan fingerprint density at radius 1 is 1.22 bits per heavy atom. The van der Waals surface area contributed by atoms with Crippen LogP contribution in [0.3, 0.4) is 0 Å². The van der Waals surface area contributed by atoms with Gasteiger partial charge in [0.25, 0.3) is 0 Å². The molecular formula is C14H18ClFN2. The van der Waals surface area contributed by atoms with Gasteiger partial charge in [-0.1, -0.05) is 18.0 Å². The van der Waals surface area contributed by atoms with Gasteiger partial charge in [0.2, 0.25) is 0 Å². The van der Waals surface area contributed by atoms with E-state index < -0.39 is 0 Å². The molecule has 2 unspecified atom stereocenters. The second kappa shape index (κ2) is 5.06. The van der Waals surface area contributed by atoms with Crippen molar-refractivity contribution in [1.29, 1.82) is 0 Å². The summed E-state index contributed by atoms with van der Waals surface area (Å²) in [7, 11) is 0. The second-order valence-corrected chi connectivity index (χ2v) is 5.67. The molecule has 2 nitrogen and oxygen atoms in total. The van der Waals surface area contributed by atoms with Crippen molar-refractivity contribution < 1.29 is 4.39 Å². The molecule has 2 saturated heterocycles. The maximum absolute atomic E-state index is 13.4. The van der Waals surface area contributed by atoms with Gasteiger partial charge < -0.3 is 5.32 Å². The van der Waals surface area contributed by atoms with Crippen molar-refractivity contribution in [3.8, 4) is 0 Å². The molecule has 18 heavy (non-hydrogen) atoms. The molecule has 0 spiro atoms. The van der Waals surface area contributed by atoms with Crippen LogP contribution in [0.25, 0.3) is 0 Å². The van der Waals surface area contributed by atoms with E-state index in [1.54, 1.807) is 6.07 Å². The molecule has 1 N–H and O–H groups in total. The maximum Gasteiger partial charge on any atom is 0.143 e. The first-order valence-electron chi connectivity index (χ1n) is 6.70. The average Bonchev–Trinajstić information content (AvgIpc) is 2.78. The minimum Gasteiger partial charge on any atom is -0.381 e. The van der Waals surface area contributed by atoms with Crippen molar-refractivity contribution in [2.24, 2.45) is 0 Å². The van der Waals surface area contributed by atoms with Gasteiger partial charge in [0.05, 0.1) is 5.02 Å². The Hall–Kier alpha value is -0.800. The van der Waals surface area contributed by atoms with Crippen LogP contribution < -0.4 is 5.32 Å². The smallest absolute Gasteiger partial charge is 0.143 e. The molecule has 2 atom stereocenters. The lowest BCUT2D eigenvalue weighted by molar-refractivity contribution is 0.193. The highest BCUT2D eigenvalue weighted by atomic mass is 35.5. The molecule has 0 bridgehead atoms. The molecule has 0 aliphatic carbocycles. The number of halogens is 2. The number of nitrogens with zero attached hydrogens (tertiary/aromatic N) is 1. The molecule has 1 aromatic rings. The van der Waals surface area contributed by atoms with Crippen LogP contribution in [0, 0.1) is 5.82 Å². The van der Waals surface area contributed by atoms with Gasteiger partial charge in [0.15, 0.2) is 0 Å². The predicted molar refractivity (Wildman–Crippen MR) is 72.6 cm³/mol. The lowest BCUT2D eigenvalue weighted by atomic mass is 9.99. The van der Waals surface area contributed by atoms with Crippen LogP contribution in [-0.4, -0.2) is 30.1 Å². The van der Waals surface area contributed by atoms with E-state index in [4.69, 9.17) is 11.6 Å². The van der Waals surface area contributed by atoms with Crippen LogP contribution >= 0.6 is 11.6 Å². The molecule has 2 fully saturated rings. The van der Waals surface area contributed by atoms with E-state index >= 15 is 0 Å². The first-order valence-corrected chi connectivity index (χ1v) is 7.07. The molecule has 0 radical (unpaired) electrons. The zero-order valence-corrected chi connectivity index (χ0v) is 11.1. The summed E-state index contributed by atoms with van der Waals surface area (Å²) < 4.78 is 13.4. The maximum atomic E-state index is 13.4. The number of hydrogen-bond donors (Lipinski definition) is 1. The Bertz CT molecular complexity index is 438. The van der Waals surface area contributed by atoms with Crippen molar-refractivity contribution in [3.63, 3.8) is 0 Å². The summed E-state index contributed by atoms with van der Waals surface area (Å²) in [6.07, 6.45) is 5.04. The summed E-state index contributed by atoms with van der Waals surface area (Å²) in [5, 5.41) is 3.65. The third kappa shape index (κ3) is 2.34. The van der Waals surface area contributed by atoms with Crippen molar-refractivity contribution in [3.05, 3.63) is 29.0 Å². The van der Waals surface area contributed by atoms with E-state index in [9.17, 15) is 4.39 Å².